The van der Waals surface area contributed by atoms with Gasteiger partial charge in [0.15, 0.2) is 16.6 Å². The molecule has 2 aromatic carbocycles. The fraction of sp³-hybridized carbons (Fsp3) is 0.280. The number of rotatable bonds is 9. The summed E-state index contributed by atoms with van der Waals surface area (Å²) in [5.74, 6) is 0.376. The molecular weight excluding hydrogens is 539 g/mol. The minimum absolute atomic E-state index is 0.0604. The number of halogens is 2. The molecule has 0 bridgehead atoms. The highest BCUT2D eigenvalue weighted by Gasteiger charge is 2.23. The van der Waals surface area contributed by atoms with Crippen molar-refractivity contribution in [3.63, 3.8) is 0 Å². The number of hydrogen-bond acceptors (Lipinski definition) is 7. The monoisotopic (exact) mass is 562 g/mol. The molecule has 2 N–H and O–H groups in total. The molecule has 3 aromatic rings. The smallest absolute Gasteiger partial charge is 0.254 e. The molecule has 4 rings (SSSR count). The second-order valence-corrected chi connectivity index (χ2v) is 10.2. The van der Waals surface area contributed by atoms with Crippen molar-refractivity contribution in [1.29, 1.82) is 0 Å². The Balaban J connectivity index is 1.29. The summed E-state index contributed by atoms with van der Waals surface area (Å²) in [6.07, 6.45) is 0.0604. The Hall–Kier alpha value is -3.34. The number of ether oxygens (including phenoxy) is 2. The zero-order valence-electron chi connectivity index (χ0n) is 20.0. The van der Waals surface area contributed by atoms with Crippen LogP contribution < -0.4 is 20.1 Å². The first-order valence-corrected chi connectivity index (χ1v) is 13.0. The van der Waals surface area contributed by atoms with Crippen LogP contribution in [0.4, 0.5) is 5.13 Å². The molecule has 0 saturated heterocycles. The number of hydrogen-bond donors (Lipinski definition) is 2. The molecule has 1 aromatic heterocycles. The Kier molecular flexibility index (Phi) is 8.52. The lowest BCUT2D eigenvalue weighted by Gasteiger charge is -2.26. The third-order valence-corrected chi connectivity index (χ3v) is 6.98. The molecular formula is C25H24Cl2N4O5S. The summed E-state index contributed by atoms with van der Waals surface area (Å²) < 4.78 is 10.6. The van der Waals surface area contributed by atoms with Gasteiger partial charge in [0, 0.05) is 23.5 Å². The van der Waals surface area contributed by atoms with Crippen molar-refractivity contribution < 1.29 is 23.9 Å². The first-order chi connectivity index (χ1) is 17.7. The van der Waals surface area contributed by atoms with Gasteiger partial charge in [0.1, 0.15) is 6.54 Å². The van der Waals surface area contributed by atoms with Gasteiger partial charge >= 0.3 is 0 Å². The number of benzene rings is 2. The van der Waals surface area contributed by atoms with Crippen LogP contribution in [0, 0.1) is 0 Å². The number of carbonyl (C=O) groups is 3. The lowest BCUT2D eigenvalue weighted by Crippen LogP contribution is -2.42. The van der Waals surface area contributed by atoms with E-state index in [0.29, 0.717) is 39.5 Å². The van der Waals surface area contributed by atoms with Crippen LogP contribution in [0.1, 0.15) is 35.5 Å². The van der Waals surface area contributed by atoms with Crippen LogP contribution >= 0.6 is 34.5 Å². The van der Waals surface area contributed by atoms with Gasteiger partial charge in [-0.15, -0.1) is 11.3 Å². The van der Waals surface area contributed by atoms with E-state index in [2.05, 4.69) is 15.6 Å². The molecule has 3 amide bonds. The Labute approximate surface area is 227 Å². The van der Waals surface area contributed by atoms with Gasteiger partial charge in [-0.05, 0) is 49.7 Å². The quantitative estimate of drug-likeness (QED) is 0.396. The van der Waals surface area contributed by atoms with E-state index in [0.717, 1.165) is 5.56 Å². The molecule has 0 spiro atoms. The molecule has 1 aliphatic rings. The molecule has 0 atom stereocenters. The molecule has 1 aliphatic heterocycles. The van der Waals surface area contributed by atoms with Crippen LogP contribution in [0.25, 0.3) is 0 Å². The molecule has 0 saturated carbocycles. The van der Waals surface area contributed by atoms with Crippen LogP contribution in [0.2, 0.25) is 10.0 Å². The fourth-order valence-electron chi connectivity index (χ4n) is 3.52. The molecule has 12 heteroatoms. The highest BCUT2D eigenvalue weighted by atomic mass is 35.5. The number of thiazole rings is 1. The Morgan fingerprint density at radius 1 is 1.05 bits per heavy atom. The van der Waals surface area contributed by atoms with Gasteiger partial charge in [0.2, 0.25) is 18.6 Å². The predicted octanol–water partition coefficient (Wildman–Crippen LogP) is 4.53. The normalized spacial score (nSPS) is 11.9. The van der Waals surface area contributed by atoms with Crippen LogP contribution in [-0.4, -0.2) is 47.0 Å². The minimum atomic E-state index is -0.407. The number of carbonyl (C=O) groups excluding carboxylic acids is 3. The number of amides is 3. The summed E-state index contributed by atoms with van der Waals surface area (Å²) >= 11 is 13.2. The van der Waals surface area contributed by atoms with Crippen molar-refractivity contribution in [2.75, 3.05) is 18.7 Å². The average Bonchev–Trinajstić information content (AvgIpc) is 3.51. The van der Waals surface area contributed by atoms with Gasteiger partial charge in [-0.3, -0.25) is 14.4 Å². The topological polar surface area (TPSA) is 110 Å². The molecule has 2 heterocycles. The lowest BCUT2D eigenvalue weighted by molar-refractivity contribution is -0.120. The maximum absolute atomic E-state index is 13.0. The van der Waals surface area contributed by atoms with Gasteiger partial charge in [0.25, 0.3) is 5.91 Å². The number of fused-ring (bicyclic) bond motifs is 1. The summed E-state index contributed by atoms with van der Waals surface area (Å²) in [7, 11) is 0. The predicted molar refractivity (Wildman–Crippen MR) is 141 cm³/mol. The van der Waals surface area contributed by atoms with Gasteiger partial charge in [-0.25, -0.2) is 4.98 Å². The maximum atomic E-state index is 13.0. The number of aromatic nitrogens is 1. The van der Waals surface area contributed by atoms with Crippen molar-refractivity contribution in [2.24, 2.45) is 0 Å². The first kappa shape index (κ1) is 26.7. The van der Waals surface area contributed by atoms with Crippen molar-refractivity contribution >= 4 is 57.4 Å². The standard InChI is InChI=1S/C25H24Cl2N4O5S/c1-14(2)31(24(34)16-4-5-18(26)19(27)8-16)11-23(33)30-25-29-17(12-37-25)9-22(32)28-10-15-3-6-20-21(7-15)36-13-35-20/h3-8,12,14H,9-11,13H2,1-2H3,(H,28,32)(H,29,30,33). The molecule has 37 heavy (non-hydrogen) atoms. The molecule has 194 valence electrons. The van der Waals surface area contributed by atoms with E-state index < -0.39 is 5.91 Å². The molecule has 9 nitrogen and oxygen atoms in total. The third kappa shape index (κ3) is 6.91. The van der Waals surface area contributed by atoms with Crippen molar-refractivity contribution in [3.8, 4) is 11.5 Å². The van der Waals surface area contributed by atoms with E-state index in [1.54, 1.807) is 17.5 Å². The van der Waals surface area contributed by atoms with E-state index in [4.69, 9.17) is 32.7 Å². The van der Waals surface area contributed by atoms with E-state index in [1.165, 1.54) is 28.4 Å². The van der Waals surface area contributed by atoms with Crippen LogP contribution in [-0.2, 0) is 22.6 Å². The van der Waals surface area contributed by atoms with Crippen molar-refractivity contribution in [1.82, 2.24) is 15.2 Å². The SMILES string of the molecule is CC(C)N(CC(=O)Nc1nc(CC(=O)NCc2ccc3c(c2)OCO3)cs1)C(=O)c1ccc(Cl)c(Cl)c1. The second-order valence-electron chi connectivity index (χ2n) is 8.49. The van der Waals surface area contributed by atoms with E-state index in [1.807, 2.05) is 26.0 Å². The van der Waals surface area contributed by atoms with Crippen LogP contribution in [0.5, 0.6) is 11.5 Å². The summed E-state index contributed by atoms with van der Waals surface area (Å²) in [4.78, 5) is 43.7. The van der Waals surface area contributed by atoms with Crippen LogP contribution in [0.15, 0.2) is 41.8 Å². The number of nitrogens with zero attached hydrogens (tertiary/aromatic N) is 2. The third-order valence-electron chi connectivity index (χ3n) is 5.43. The molecule has 0 aliphatic carbocycles. The maximum Gasteiger partial charge on any atom is 0.254 e. The van der Waals surface area contributed by atoms with Gasteiger partial charge in [0.05, 0.1) is 22.2 Å². The molecule has 0 radical (unpaired) electrons. The van der Waals surface area contributed by atoms with Gasteiger partial charge in [-0.1, -0.05) is 29.3 Å². The zero-order valence-corrected chi connectivity index (χ0v) is 22.4. The van der Waals surface area contributed by atoms with Crippen molar-refractivity contribution in [3.05, 3.63) is 68.6 Å². The number of anilines is 1. The van der Waals surface area contributed by atoms with E-state index >= 15 is 0 Å². The second kappa shape index (κ2) is 11.8. The fourth-order valence-corrected chi connectivity index (χ4v) is 4.55. The first-order valence-electron chi connectivity index (χ1n) is 11.3. The van der Waals surface area contributed by atoms with Gasteiger partial charge < -0.3 is 25.0 Å². The summed E-state index contributed by atoms with van der Waals surface area (Å²) in [5.41, 5.74) is 1.74. The van der Waals surface area contributed by atoms with Gasteiger partial charge in [-0.2, -0.15) is 0 Å². The number of nitrogens with one attached hydrogen (secondary N) is 2. The summed E-state index contributed by atoms with van der Waals surface area (Å²) in [6.45, 7) is 3.97. The highest BCUT2D eigenvalue weighted by molar-refractivity contribution is 7.13. The minimum Gasteiger partial charge on any atom is -0.454 e. The lowest BCUT2D eigenvalue weighted by atomic mass is 10.1. The Bertz CT molecular complexity index is 1330. The largest absolute Gasteiger partial charge is 0.454 e. The van der Waals surface area contributed by atoms with E-state index in [9.17, 15) is 14.4 Å². The van der Waals surface area contributed by atoms with Crippen molar-refractivity contribution in [2.45, 2.75) is 32.9 Å². The highest BCUT2D eigenvalue weighted by Crippen LogP contribution is 2.32. The zero-order chi connectivity index (χ0) is 26.5. The van der Waals surface area contributed by atoms with E-state index in [-0.39, 0.29) is 42.6 Å². The average molecular weight is 563 g/mol. The molecule has 0 fully saturated rings. The Morgan fingerprint density at radius 2 is 1.84 bits per heavy atom. The summed E-state index contributed by atoms with van der Waals surface area (Å²) in [5, 5.41) is 8.19. The van der Waals surface area contributed by atoms with Crippen LogP contribution in [0.3, 0.4) is 0 Å². The molecule has 0 unspecified atom stereocenters. The summed E-state index contributed by atoms with van der Waals surface area (Å²) in [6, 6.07) is 9.82. The Morgan fingerprint density at radius 3 is 2.59 bits per heavy atom.